The largest absolute Gasteiger partial charge is 0.493 e. The topological polar surface area (TPSA) is 72.8 Å². The van der Waals surface area contributed by atoms with Gasteiger partial charge in [0, 0.05) is 5.38 Å². The molecule has 134 valence electrons. The highest BCUT2D eigenvalue weighted by molar-refractivity contribution is 7.12. The van der Waals surface area contributed by atoms with Gasteiger partial charge in [0.15, 0.2) is 11.5 Å². The first-order chi connectivity index (χ1) is 12.7. The molecule has 8 heteroatoms. The Morgan fingerprint density at radius 3 is 2.88 bits per heavy atom. The van der Waals surface area contributed by atoms with Gasteiger partial charge in [0.05, 0.1) is 28.9 Å². The van der Waals surface area contributed by atoms with Gasteiger partial charge in [-0.3, -0.25) is 4.79 Å². The molecule has 1 N–H and O–H groups in total. The standard InChI is InChI=1S/C18H17N3O3S2/c1-12-20-14(11-26-12)10-24-15-6-5-13(8-16(15)23-2)9-19-21-18(22)17-4-3-7-25-17/h3-9,11H,10H2,1-2H3,(H,21,22)/b19-9-. The van der Waals surface area contributed by atoms with Crippen LogP contribution in [0, 0.1) is 6.92 Å². The van der Waals surface area contributed by atoms with Crippen LogP contribution in [-0.2, 0) is 6.61 Å². The van der Waals surface area contributed by atoms with Gasteiger partial charge in [-0.25, -0.2) is 10.4 Å². The van der Waals surface area contributed by atoms with Crippen molar-refractivity contribution in [3.63, 3.8) is 0 Å². The van der Waals surface area contributed by atoms with Crippen molar-refractivity contribution in [1.82, 2.24) is 10.4 Å². The third-order valence-electron chi connectivity index (χ3n) is 3.35. The first-order valence-corrected chi connectivity index (χ1v) is 9.50. The Labute approximate surface area is 159 Å². The molecule has 0 atom stereocenters. The minimum Gasteiger partial charge on any atom is -0.493 e. The summed E-state index contributed by atoms with van der Waals surface area (Å²) in [5.41, 5.74) is 4.16. The minimum atomic E-state index is -0.235. The van der Waals surface area contributed by atoms with Crippen molar-refractivity contribution in [3.8, 4) is 11.5 Å². The number of nitrogens with one attached hydrogen (secondary N) is 1. The molecule has 0 fully saturated rings. The van der Waals surface area contributed by atoms with Crippen molar-refractivity contribution >= 4 is 34.8 Å². The van der Waals surface area contributed by atoms with E-state index in [2.05, 4.69) is 15.5 Å². The van der Waals surface area contributed by atoms with Crippen LogP contribution >= 0.6 is 22.7 Å². The van der Waals surface area contributed by atoms with Gasteiger partial charge in [-0.1, -0.05) is 6.07 Å². The number of hydrogen-bond acceptors (Lipinski definition) is 7. The van der Waals surface area contributed by atoms with Crippen LogP contribution in [0.4, 0.5) is 0 Å². The predicted molar refractivity (Wildman–Crippen MR) is 104 cm³/mol. The Morgan fingerprint density at radius 2 is 2.19 bits per heavy atom. The van der Waals surface area contributed by atoms with E-state index < -0.39 is 0 Å². The van der Waals surface area contributed by atoms with Gasteiger partial charge in [-0.15, -0.1) is 22.7 Å². The van der Waals surface area contributed by atoms with Crippen molar-refractivity contribution in [2.24, 2.45) is 5.10 Å². The number of benzene rings is 1. The number of carbonyl (C=O) groups excluding carboxylic acids is 1. The second-order valence-corrected chi connectivity index (χ2v) is 7.24. The molecule has 3 rings (SSSR count). The van der Waals surface area contributed by atoms with Crippen LogP contribution in [0.15, 0.2) is 46.2 Å². The predicted octanol–water partition coefficient (Wildman–Crippen LogP) is 3.86. The molecule has 3 aromatic rings. The number of hydrogen-bond donors (Lipinski definition) is 1. The van der Waals surface area contributed by atoms with Crippen molar-refractivity contribution in [2.45, 2.75) is 13.5 Å². The fourth-order valence-electron chi connectivity index (χ4n) is 2.14. The Kier molecular flexibility index (Phi) is 5.98. The van der Waals surface area contributed by atoms with Crippen LogP contribution in [0.1, 0.15) is 25.9 Å². The molecule has 0 saturated heterocycles. The van der Waals surface area contributed by atoms with Gasteiger partial charge in [-0.05, 0) is 42.1 Å². The summed E-state index contributed by atoms with van der Waals surface area (Å²) in [7, 11) is 1.58. The number of methoxy groups -OCH3 is 1. The highest BCUT2D eigenvalue weighted by atomic mass is 32.1. The Bertz CT molecular complexity index is 904. The molecule has 0 spiro atoms. The number of amides is 1. The summed E-state index contributed by atoms with van der Waals surface area (Å²) in [6.07, 6.45) is 1.56. The molecule has 0 aliphatic carbocycles. The summed E-state index contributed by atoms with van der Waals surface area (Å²) >= 11 is 2.95. The number of rotatable bonds is 7. The zero-order valence-corrected chi connectivity index (χ0v) is 15.9. The molecule has 1 aromatic carbocycles. The molecule has 0 unspecified atom stereocenters. The molecule has 1 amide bonds. The lowest BCUT2D eigenvalue weighted by Crippen LogP contribution is -2.16. The molecule has 0 aliphatic heterocycles. The summed E-state index contributed by atoms with van der Waals surface area (Å²) < 4.78 is 11.2. The van der Waals surface area contributed by atoms with E-state index in [1.807, 2.05) is 29.8 Å². The number of ether oxygens (including phenoxy) is 2. The highest BCUT2D eigenvalue weighted by Gasteiger charge is 2.07. The first kappa shape index (κ1) is 18.1. The van der Waals surface area contributed by atoms with Crippen LogP contribution in [0.3, 0.4) is 0 Å². The van der Waals surface area contributed by atoms with Gasteiger partial charge in [0.25, 0.3) is 5.91 Å². The lowest BCUT2D eigenvalue weighted by molar-refractivity contribution is 0.0959. The van der Waals surface area contributed by atoms with Crippen LogP contribution < -0.4 is 14.9 Å². The van der Waals surface area contributed by atoms with Crippen molar-refractivity contribution in [2.75, 3.05) is 7.11 Å². The molecule has 2 aromatic heterocycles. The number of thiophene rings is 1. The van der Waals surface area contributed by atoms with E-state index in [0.717, 1.165) is 16.3 Å². The number of nitrogens with zero attached hydrogens (tertiary/aromatic N) is 2. The Morgan fingerprint density at radius 1 is 1.31 bits per heavy atom. The Hall–Kier alpha value is -2.71. The fraction of sp³-hybridized carbons (Fsp3) is 0.167. The van der Waals surface area contributed by atoms with E-state index in [1.165, 1.54) is 11.3 Å². The summed E-state index contributed by atoms with van der Waals surface area (Å²) in [6, 6.07) is 9.00. The van der Waals surface area contributed by atoms with E-state index in [9.17, 15) is 4.79 Å². The second-order valence-electron chi connectivity index (χ2n) is 5.23. The van der Waals surface area contributed by atoms with E-state index in [-0.39, 0.29) is 5.91 Å². The molecule has 0 aliphatic rings. The van der Waals surface area contributed by atoms with Crippen LogP contribution in [0.25, 0.3) is 0 Å². The summed E-state index contributed by atoms with van der Waals surface area (Å²) in [6.45, 7) is 2.34. The van der Waals surface area contributed by atoms with E-state index in [4.69, 9.17) is 9.47 Å². The Balaban J connectivity index is 1.62. The third-order valence-corrected chi connectivity index (χ3v) is 5.05. The molecule has 2 heterocycles. The zero-order valence-electron chi connectivity index (χ0n) is 14.3. The quantitative estimate of drug-likeness (QED) is 0.493. The molecule has 0 radical (unpaired) electrons. The molecule has 0 saturated carbocycles. The van der Waals surface area contributed by atoms with Crippen LogP contribution in [0.2, 0.25) is 0 Å². The SMILES string of the molecule is COc1cc(/C=N\NC(=O)c2cccs2)ccc1OCc1csc(C)n1. The number of carbonyl (C=O) groups is 1. The van der Waals surface area contributed by atoms with E-state index in [1.54, 1.807) is 42.9 Å². The molecule has 0 bridgehead atoms. The molecular formula is C18H17N3O3S2. The zero-order chi connectivity index (χ0) is 18.4. The van der Waals surface area contributed by atoms with Crippen molar-refractivity contribution in [1.29, 1.82) is 0 Å². The summed E-state index contributed by atoms with van der Waals surface area (Å²) in [5, 5.41) is 8.80. The average molecular weight is 387 g/mol. The maximum Gasteiger partial charge on any atom is 0.281 e. The number of thiazole rings is 1. The highest BCUT2D eigenvalue weighted by Crippen LogP contribution is 2.28. The van der Waals surface area contributed by atoms with Crippen molar-refractivity contribution < 1.29 is 14.3 Å². The number of aromatic nitrogens is 1. The van der Waals surface area contributed by atoms with Crippen LogP contribution in [-0.4, -0.2) is 24.2 Å². The van der Waals surface area contributed by atoms with Gasteiger partial charge in [0.2, 0.25) is 0 Å². The van der Waals surface area contributed by atoms with E-state index in [0.29, 0.717) is 23.0 Å². The summed E-state index contributed by atoms with van der Waals surface area (Å²) in [4.78, 5) is 16.8. The molecule has 6 nitrogen and oxygen atoms in total. The fourth-order valence-corrected chi connectivity index (χ4v) is 3.35. The summed E-state index contributed by atoms with van der Waals surface area (Å²) in [5.74, 6) is 0.977. The number of hydrazone groups is 1. The minimum absolute atomic E-state index is 0.235. The first-order valence-electron chi connectivity index (χ1n) is 7.74. The van der Waals surface area contributed by atoms with Gasteiger partial charge < -0.3 is 9.47 Å². The maximum absolute atomic E-state index is 11.8. The lowest BCUT2D eigenvalue weighted by Gasteiger charge is -2.10. The number of aryl methyl sites for hydroxylation is 1. The van der Waals surface area contributed by atoms with Gasteiger partial charge in [0.1, 0.15) is 6.61 Å². The van der Waals surface area contributed by atoms with Gasteiger partial charge >= 0.3 is 0 Å². The van der Waals surface area contributed by atoms with Gasteiger partial charge in [-0.2, -0.15) is 5.10 Å². The monoisotopic (exact) mass is 387 g/mol. The second kappa shape index (κ2) is 8.59. The maximum atomic E-state index is 11.8. The smallest absolute Gasteiger partial charge is 0.281 e. The molecular weight excluding hydrogens is 370 g/mol. The van der Waals surface area contributed by atoms with E-state index >= 15 is 0 Å². The third kappa shape index (κ3) is 4.68. The van der Waals surface area contributed by atoms with Crippen molar-refractivity contribution in [3.05, 3.63) is 62.2 Å². The lowest BCUT2D eigenvalue weighted by atomic mass is 10.2. The normalized spacial score (nSPS) is 10.8. The van der Waals surface area contributed by atoms with Crippen LogP contribution in [0.5, 0.6) is 11.5 Å². The average Bonchev–Trinajstić information content (AvgIpc) is 3.32. The molecule has 26 heavy (non-hydrogen) atoms.